The van der Waals surface area contributed by atoms with E-state index in [0.717, 1.165) is 18.3 Å². The number of rotatable bonds is 2. The molecule has 7 nitrogen and oxygen atoms in total. The van der Waals surface area contributed by atoms with Crippen molar-refractivity contribution in [2.75, 3.05) is 23.4 Å². The van der Waals surface area contributed by atoms with E-state index in [1.807, 2.05) is 0 Å². The van der Waals surface area contributed by atoms with E-state index in [9.17, 15) is 22.4 Å². The molecule has 0 fully saturated rings. The smallest absolute Gasteiger partial charge is 0.416 e. The fraction of sp³-hybridized carbons (Fsp3) is 0.158. The van der Waals surface area contributed by atoms with E-state index in [1.165, 1.54) is 35.5 Å². The number of urea groups is 1. The van der Waals surface area contributed by atoms with E-state index in [1.54, 1.807) is 0 Å². The first-order valence-corrected chi connectivity index (χ1v) is 8.68. The van der Waals surface area contributed by atoms with Crippen LogP contribution in [0.1, 0.15) is 5.56 Å². The predicted molar refractivity (Wildman–Crippen MR) is 98.5 cm³/mol. The van der Waals surface area contributed by atoms with Gasteiger partial charge in [0.15, 0.2) is 5.82 Å². The first-order chi connectivity index (χ1) is 14.3. The Morgan fingerprint density at radius 3 is 2.80 bits per heavy atom. The minimum Gasteiger partial charge on any atom is -0.473 e. The number of amides is 2. The summed E-state index contributed by atoms with van der Waals surface area (Å²) < 4.78 is 58.2. The van der Waals surface area contributed by atoms with Gasteiger partial charge in [0.1, 0.15) is 6.61 Å². The number of ether oxygens (including phenoxy) is 1. The molecule has 11 heteroatoms. The van der Waals surface area contributed by atoms with Crippen LogP contribution in [-0.4, -0.2) is 34.1 Å². The summed E-state index contributed by atoms with van der Waals surface area (Å²) in [4.78, 5) is 25.8. The summed E-state index contributed by atoms with van der Waals surface area (Å²) in [7, 11) is 0. The Kier molecular flexibility index (Phi) is 4.94. The Bertz CT molecular complexity index is 1110. The number of aromatic nitrogens is 3. The van der Waals surface area contributed by atoms with Gasteiger partial charge in [0.2, 0.25) is 5.82 Å². The lowest BCUT2D eigenvalue weighted by Gasteiger charge is -2.28. The molecule has 1 N–H and O–H groups in total. The van der Waals surface area contributed by atoms with Crippen LogP contribution in [0, 0.1) is 5.82 Å². The van der Waals surface area contributed by atoms with E-state index in [4.69, 9.17) is 4.74 Å². The third kappa shape index (κ3) is 3.86. The molecule has 1 aliphatic heterocycles. The van der Waals surface area contributed by atoms with Gasteiger partial charge < -0.3 is 10.1 Å². The van der Waals surface area contributed by atoms with E-state index in [2.05, 4.69) is 20.3 Å². The third-order valence-corrected chi connectivity index (χ3v) is 4.28. The standard InChI is InChI=1S/C19H13F4N5O2/c20-13-9-24-5-4-14(13)27-18(29)28-6-7-30-17-16(28)26-15(10-25-17)11-2-1-3-12(8-11)19(21,22)23/h1-5,8-10H,6-7H2,(H,24,27,29). The van der Waals surface area contributed by atoms with Crippen molar-refractivity contribution in [1.82, 2.24) is 15.0 Å². The molecule has 30 heavy (non-hydrogen) atoms. The normalized spacial score (nSPS) is 13.4. The Hall–Kier alpha value is -3.76. The van der Waals surface area contributed by atoms with Crippen LogP contribution in [0.4, 0.5) is 33.9 Å². The zero-order valence-electron chi connectivity index (χ0n) is 15.2. The fourth-order valence-electron chi connectivity index (χ4n) is 2.84. The first-order valence-electron chi connectivity index (χ1n) is 8.68. The summed E-state index contributed by atoms with van der Waals surface area (Å²) >= 11 is 0. The van der Waals surface area contributed by atoms with Gasteiger partial charge in [0, 0.05) is 11.8 Å². The molecule has 4 rings (SSSR count). The molecular weight excluding hydrogens is 406 g/mol. The van der Waals surface area contributed by atoms with Crippen molar-refractivity contribution >= 4 is 17.5 Å². The van der Waals surface area contributed by atoms with Crippen molar-refractivity contribution in [3.8, 4) is 17.1 Å². The van der Waals surface area contributed by atoms with Crippen LogP contribution in [0.3, 0.4) is 0 Å². The number of hydrogen-bond donors (Lipinski definition) is 1. The monoisotopic (exact) mass is 419 g/mol. The van der Waals surface area contributed by atoms with Crippen LogP contribution in [0.2, 0.25) is 0 Å². The van der Waals surface area contributed by atoms with Crippen LogP contribution in [-0.2, 0) is 6.18 Å². The third-order valence-electron chi connectivity index (χ3n) is 4.28. The summed E-state index contributed by atoms with van der Waals surface area (Å²) in [5.41, 5.74) is -0.618. The Labute approximate surface area is 167 Å². The van der Waals surface area contributed by atoms with Crippen molar-refractivity contribution < 1.29 is 27.1 Å². The number of carbonyl (C=O) groups is 1. The predicted octanol–water partition coefficient (Wildman–Crippen LogP) is 4.13. The summed E-state index contributed by atoms with van der Waals surface area (Å²) in [6.45, 7) is 0.211. The topological polar surface area (TPSA) is 80.2 Å². The number of hydrogen-bond acceptors (Lipinski definition) is 5. The molecule has 2 amide bonds. The molecule has 0 unspecified atom stereocenters. The Morgan fingerprint density at radius 1 is 1.20 bits per heavy atom. The molecule has 0 saturated carbocycles. The van der Waals surface area contributed by atoms with E-state index >= 15 is 0 Å². The van der Waals surface area contributed by atoms with Gasteiger partial charge in [-0.05, 0) is 18.2 Å². The number of benzene rings is 1. The van der Waals surface area contributed by atoms with Gasteiger partial charge in [-0.3, -0.25) is 9.88 Å². The van der Waals surface area contributed by atoms with Gasteiger partial charge in [-0.2, -0.15) is 13.2 Å². The molecule has 154 valence electrons. The summed E-state index contributed by atoms with van der Waals surface area (Å²) in [5.74, 6) is -0.659. The van der Waals surface area contributed by atoms with Crippen LogP contribution < -0.4 is 15.0 Å². The minimum absolute atomic E-state index is 0.0168. The molecule has 0 bridgehead atoms. The van der Waals surface area contributed by atoms with Crippen LogP contribution >= 0.6 is 0 Å². The Balaban J connectivity index is 1.67. The van der Waals surface area contributed by atoms with Crippen LogP contribution in [0.15, 0.2) is 48.9 Å². The SMILES string of the molecule is O=C(Nc1ccncc1F)N1CCOc2ncc(-c3cccc(C(F)(F)F)c3)nc21. The quantitative estimate of drug-likeness (QED) is 0.632. The van der Waals surface area contributed by atoms with Crippen molar-refractivity contribution in [3.63, 3.8) is 0 Å². The van der Waals surface area contributed by atoms with Gasteiger partial charge in [0.25, 0.3) is 5.88 Å². The molecule has 1 aromatic carbocycles. The van der Waals surface area contributed by atoms with Gasteiger partial charge in [0.05, 0.1) is 35.9 Å². The van der Waals surface area contributed by atoms with Gasteiger partial charge in [-0.25, -0.2) is 19.2 Å². The molecule has 0 radical (unpaired) electrons. The summed E-state index contributed by atoms with van der Waals surface area (Å²) in [5, 5.41) is 2.41. The number of anilines is 2. The zero-order valence-corrected chi connectivity index (χ0v) is 15.2. The molecule has 2 aromatic heterocycles. The number of nitrogens with zero attached hydrogens (tertiary/aromatic N) is 4. The van der Waals surface area contributed by atoms with E-state index in [-0.39, 0.29) is 41.8 Å². The summed E-state index contributed by atoms with van der Waals surface area (Å²) in [6, 6.07) is 5.19. The maximum Gasteiger partial charge on any atom is 0.416 e. The molecule has 0 spiro atoms. The fourth-order valence-corrected chi connectivity index (χ4v) is 2.84. The number of carbonyl (C=O) groups excluding carboxylic acids is 1. The molecule has 0 atom stereocenters. The highest BCUT2D eigenvalue weighted by atomic mass is 19.4. The van der Waals surface area contributed by atoms with E-state index in [0.29, 0.717) is 0 Å². The molecular formula is C19H13F4N5O2. The second kappa shape index (κ2) is 7.58. The lowest BCUT2D eigenvalue weighted by molar-refractivity contribution is -0.137. The maximum absolute atomic E-state index is 13.8. The number of fused-ring (bicyclic) bond motifs is 1. The maximum atomic E-state index is 13.8. The van der Waals surface area contributed by atoms with Crippen LogP contribution in [0.5, 0.6) is 5.88 Å². The molecule has 0 saturated heterocycles. The number of alkyl halides is 3. The van der Waals surface area contributed by atoms with Crippen molar-refractivity contribution in [1.29, 1.82) is 0 Å². The summed E-state index contributed by atoms with van der Waals surface area (Å²) in [6.07, 6.45) is -0.981. The molecule has 0 aliphatic carbocycles. The molecule has 3 heterocycles. The number of halogens is 4. The Morgan fingerprint density at radius 2 is 2.03 bits per heavy atom. The average molecular weight is 419 g/mol. The van der Waals surface area contributed by atoms with Gasteiger partial charge in [-0.15, -0.1) is 0 Å². The average Bonchev–Trinajstić information content (AvgIpc) is 2.74. The molecule has 3 aromatic rings. The van der Waals surface area contributed by atoms with E-state index < -0.39 is 23.6 Å². The van der Waals surface area contributed by atoms with Crippen molar-refractivity contribution in [2.24, 2.45) is 0 Å². The van der Waals surface area contributed by atoms with Crippen molar-refractivity contribution in [3.05, 3.63) is 60.3 Å². The van der Waals surface area contributed by atoms with Crippen LogP contribution in [0.25, 0.3) is 11.3 Å². The second-order valence-corrected chi connectivity index (χ2v) is 6.25. The largest absolute Gasteiger partial charge is 0.473 e. The highest BCUT2D eigenvalue weighted by Gasteiger charge is 2.31. The number of pyridine rings is 1. The highest BCUT2D eigenvalue weighted by molar-refractivity contribution is 6.02. The van der Waals surface area contributed by atoms with Crippen molar-refractivity contribution in [2.45, 2.75) is 6.18 Å². The lowest BCUT2D eigenvalue weighted by atomic mass is 10.1. The zero-order chi connectivity index (χ0) is 21.3. The first kappa shape index (κ1) is 19.6. The highest BCUT2D eigenvalue weighted by Crippen LogP contribution is 2.34. The number of nitrogens with one attached hydrogen (secondary N) is 1. The van der Waals surface area contributed by atoms with Gasteiger partial charge >= 0.3 is 12.2 Å². The van der Waals surface area contributed by atoms with Gasteiger partial charge in [-0.1, -0.05) is 12.1 Å². The molecule has 1 aliphatic rings. The minimum atomic E-state index is -4.51. The second-order valence-electron chi connectivity index (χ2n) is 6.25. The lowest BCUT2D eigenvalue weighted by Crippen LogP contribution is -2.41.